The van der Waals surface area contributed by atoms with E-state index in [9.17, 15) is 26.3 Å². The predicted molar refractivity (Wildman–Crippen MR) is 238 cm³/mol. The maximum Gasteiger partial charge on any atom is 0.416 e. The molecule has 11 rings (SSSR count). The Bertz CT molecular complexity index is 3540. The topological polar surface area (TPSA) is 61.4 Å². The molecule has 0 bridgehead atoms. The lowest BCUT2D eigenvalue weighted by Crippen LogP contribution is -2.05. The van der Waals surface area contributed by atoms with Crippen LogP contribution in [0.1, 0.15) is 11.1 Å². The fourth-order valence-corrected chi connectivity index (χ4v) is 8.63. The lowest BCUT2D eigenvalue weighted by Gasteiger charge is -2.19. The molecule has 12 heteroatoms. The molecule has 0 unspecified atom stereocenters. The zero-order valence-electron chi connectivity index (χ0n) is 33.3. The molecule has 0 aliphatic carbocycles. The number of aromatic nitrogens is 6. The first-order valence-corrected chi connectivity index (χ1v) is 20.2. The van der Waals surface area contributed by atoms with Crippen molar-refractivity contribution in [2.45, 2.75) is 12.4 Å². The molecule has 6 nitrogen and oxygen atoms in total. The first-order chi connectivity index (χ1) is 31.0. The van der Waals surface area contributed by atoms with Crippen LogP contribution in [0.5, 0.6) is 0 Å². The summed E-state index contributed by atoms with van der Waals surface area (Å²) in [6.07, 6.45) is -5.83. The zero-order valence-corrected chi connectivity index (χ0v) is 33.3. The van der Waals surface area contributed by atoms with Crippen LogP contribution in [0.4, 0.5) is 26.3 Å². The number of para-hydroxylation sites is 2. The molecule has 0 N–H and O–H groups in total. The van der Waals surface area contributed by atoms with Gasteiger partial charge in [-0.25, -0.2) is 15.0 Å². The van der Waals surface area contributed by atoms with Crippen LogP contribution in [-0.2, 0) is 12.4 Å². The van der Waals surface area contributed by atoms with Crippen molar-refractivity contribution in [3.8, 4) is 56.7 Å². The smallest absolute Gasteiger partial charge is 0.309 e. The van der Waals surface area contributed by atoms with E-state index in [1.165, 1.54) is 24.3 Å². The third-order valence-corrected chi connectivity index (χ3v) is 11.5. The van der Waals surface area contributed by atoms with Gasteiger partial charge in [0, 0.05) is 55.6 Å². The molecule has 0 aliphatic heterocycles. The molecule has 11 aromatic rings. The van der Waals surface area contributed by atoms with Gasteiger partial charge in [0.05, 0.1) is 50.8 Å². The monoisotopic (exact) mass is 852 g/mol. The molecule has 0 spiro atoms. The molecule has 0 atom stereocenters. The number of alkyl halides is 6. The number of hydrogen-bond donors (Lipinski definition) is 0. The highest BCUT2D eigenvalue weighted by Gasteiger charge is 2.33. The van der Waals surface area contributed by atoms with Crippen molar-refractivity contribution < 1.29 is 26.3 Å². The minimum absolute atomic E-state index is 0.360. The summed E-state index contributed by atoms with van der Waals surface area (Å²) in [5.41, 5.74) is 5.42. The van der Waals surface area contributed by atoms with E-state index in [4.69, 9.17) is 15.0 Å². The van der Waals surface area contributed by atoms with Crippen LogP contribution >= 0.6 is 0 Å². The minimum Gasteiger partial charge on any atom is -0.309 e. The van der Waals surface area contributed by atoms with E-state index in [1.807, 2.05) is 118 Å². The van der Waals surface area contributed by atoms with Gasteiger partial charge in [-0.1, -0.05) is 109 Å². The number of fused-ring (bicyclic) bond motifs is 6. The molecular weight excluding hydrogens is 823 g/mol. The molecule has 7 aromatic carbocycles. The predicted octanol–water partition coefficient (Wildman–Crippen LogP) is 14.2. The van der Waals surface area contributed by atoms with Crippen LogP contribution < -0.4 is 0 Å². The molecule has 0 aliphatic rings. The Balaban J connectivity index is 1.21. The van der Waals surface area contributed by atoms with Crippen molar-refractivity contribution in [2.24, 2.45) is 0 Å². The van der Waals surface area contributed by atoms with E-state index in [-0.39, 0.29) is 0 Å². The Morgan fingerprint density at radius 2 is 0.797 bits per heavy atom. The average Bonchev–Trinajstić information content (AvgIpc) is 3.83. The fourth-order valence-electron chi connectivity index (χ4n) is 8.63. The standard InChI is InChI=1S/C52H30F6N6/c53-51(54,55)34-20-23-44-40(28-34)36-15-7-9-17-42(36)63(44)46-27-33(50-61-48(31-11-3-1-4-12-31)60-49(62-50)32-13-5-2-6-14-32)19-22-38(46)39-25-26-59-30-47(39)64-43-18-10-8-16-37(43)41-29-35(52(56,57)58)21-24-45(41)64/h1-30H. The highest BCUT2D eigenvalue weighted by atomic mass is 19.4. The van der Waals surface area contributed by atoms with E-state index < -0.39 is 23.5 Å². The van der Waals surface area contributed by atoms with Crippen molar-refractivity contribution in [1.29, 1.82) is 0 Å². The molecule has 4 aromatic heterocycles. The number of hydrogen-bond acceptors (Lipinski definition) is 4. The van der Waals surface area contributed by atoms with Crippen molar-refractivity contribution in [3.63, 3.8) is 0 Å². The van der Waals surface area contributed by atoms with Gasteiger partial charge in [-0.05, 0) is 60.7 Å². The second kappa shape index (κ2) is 14.8. The summed E-state index contributed by atoms with van der Waals surface area (Å²) in [6.45, 7) is 0. The van der Waals surface area contributed by atoms with Crippen LogP contribution in [0.3, 0.4) is 0 Å². The van der Waals surface area contributed by atoms with E-state index in [1.54, 1.807) is 36.7 Å². The average molecular weight is 853 g/mol. The third-order valence-electron chi connectivity index (χ3n) is 11.5. The van der Waals surface area contributed by atoms with Gasteiger partial charge in [-0.15, -0.1) is 0 Å². The van der Waals surface area contributed by atoms with Crippen LogP contribution in [0.15, 0.2) is 182 Å². The van der Waals surface area contributed by atoms with Crippen molar-refractivity contribution in [3.05, 3.63) is 193 Å². The van der Waals surface area contributed by atoms with Crippen molar-refractivity contribution in [2.75, 3.05) is 0 Å². The second-order valence-electron chi connectivity index (χ2n) is 15.3. The summed E-state index contributed by atoms with van der Waals surface area (Å²) >= 11 is 0. The summed E-state index contributed by atoms with van der Waals surface area (Å²) in [6, 6.07) is 48.6. The zero-order chi connectivity index (χ0) is 43.7. The number of halogens is 6. The summed E-state index contributed by atoms with van der Waals surface area (Å²) in [5.74, 6) is 1.25. The Labute approximate surface area is 360 Å². The number of pyridine rings is 1. The Morgan fingerprint density at radius 1 is 0.359 bits per heavy atom. The van der Waals surface area contributed by atoms with Crippen LogP contribution in [0, 0.1) is 0 Å². The third kappa shape index (κ3) is 6.53. The molecular formula is C52H30F6N6. The molecule has 0 saturated carbocycles. The van der Waals surface area contributed by atoms with Gasteiger partial charge in [0.1, 0.15) is 0 Å². The minimum atomic E-state index is -4.58. The highest BCUT2D eigenvalue weighted by Crippen LogP contribution is 2.44. The van der Waals surface area contributed by atoms with Crippen LogP contribution in [-0.4, -0.2) is 29.1 Å². The molecule has 0 radical (unpaired) electrons. The van der Waals surface area contributed by atoms with Gasteiger partial charge in [0.15, 0.2) is 17.5 Å². The lowest BCUT2D eigenvalue weighted by molar-refractivity contribution is -0.138. The van der Waals surface area contributed by atoms with Gasteiger partial charge in [0.2, 0.25) is 0 Å². The number of benzene rings is 7. The highest BCUT2D eigenvalue weighted by molar-refractivity contribution is 6.12. The molecule has 64 heavy (non-hydrogen) atoms. The Kier molecular flexibility index (Phi) is 8.95. The second-order valence-corrected chi connectivity index (χ2v) is 15.3. The van der Waals surface area contributed by atoms with Gasteiger partial charge >= 0.3 is 12.4 Å². The molecule has 0 amide bonds. The van der Waals surface area contributed by atoms with Gasteiger partial charge < -0.3 is 9.13 Å². The lowest BCUT2D eigenvalue weighted by atomic mass is 9.99. The summed E-state index contributed by atoms with van der Waals surface area (Å²) in [5, 5.41) is 2.04. The maximum atomic E-state index is 14.3. The van der Waals surface area contributed by atoms with Gasteiger partial charge in [-0.2, -0.15) is 26.3 Å². The largest absolute Gasteiger partial charge is 0.416 e. The van der Waals surface area contributed by atoms with Crippen molar-refractivity contribution >= 4 is 43.6 Å². The van der Waals surface area contributed by atoms with Gasteiger partial charge in [0.25, 0.3) is 0 Å². The van der Waals surface area contributed by atoms with E-state index in [0.29, 0.717) is 89.2 Å². The molecule has 310 valence electrons. The van der Waals surface area contributed by atoms with Crippen molar-refractivity contribution in [1.82, 2.24) is 29.1 Å². The van der Waals surface area contributed by atoms with Gasteiger partial charge in [-0.3, -0.25) is 4.98 Å². The number of rotatable bonds is 6. The summed E-state index contributed by atoms with van der Waals surface area (Å²) in [7, 11) is 0. The van der Waals surface area contributed by atoms with E-state index in [2.05, 4.69) is 4.98 Å². The van der Waals surface area contributed by atoms with Crippen LogP contribution in [0.25, 0.3) is 100 Å². The molecule has 0 fully saturated rings. The first-order valence-electron chi connectivity index (χ1n) is 20.2. The molecule has 0 saturated heterocycles. The quantitative estimate of drug-likeness (QED) is 0.156. The summed E-state index contributed by atoms with van der Waals surface area (Å²) < 4.78 is 89.0. The van der Waals surface area contributed by atoms with E-state index >= 15 is 0 Å². The summed E-state index contributed by atoms with van der Waals surface area (Å²) in [4.78, 5) is 19.4. The SMILES string of the molecule is FC(F)(F)c1ccc2c(c1)c1ccccc1n2-c1cnccc1-c1ccc(-c2nc(-c3ccccc3)nc(-c3ccccc3)n2)cc1-n1c2ccccc2c2cc(C(F)(F)F)ccc21. The normalized spacial score (nSPS) is 12.2. The number of nitrogens with zero attached hydrogens (tertiary/aromatic N) is 6. The first kappa shape index (κ1) is 38.8. The van der Waals surface area contributed by atoms with Crippen LogP contribution in [0.2, 0.25) is 0 Å². The fraction of sp³-hybridized carbons (Fsp3) is 0.0385. The Hall–Kier alpha value is -8.12. The molecule has 4 heterocycles. The maximum absolute atomic E-state index is 14.3. The Morgan fingerprint density at radius 3 is 1.31 bits per heavy atom. The van der Waals surface area contributed by atoms with E-state index in [0.717, 1.165) is 23.3 Å².